The van der Waals surface area contributed by atoms with Gasteiger partial charge in [-0.2, -0.15) is 0 Å². The Balaban J connectivity index is 1.55. The molecule has 0 bridgehead atoms. The van der Waals surface area contributed by atoms with Crippen LogP contribution in [0.15, 0.2) is 36.4 Å². The van der Waals surface area contributed by atoms with Crippen molar-refractivity contribution in [2.45, 2.75) is 13.1 Å². The van der Waals surface area contributed by atoms with E-state index in [1.165, 1.54) is 0 Å². The highest BCUT2D eigenvalue weighted by molar-refractivity contribution is 6.31. The van der Waals surface area contributed by atoms with Gasteiger partial charge in [-0.3, -0.25) is 4.90 Å². The summed E-state index contributed by atoms with van der Waals surface area (Å²) in [7, 11) is 0. The highest BCUT2D eigenvalue weighted by atomic mass is 35.5. The lowest BCUT2D eigenvalue weighted by Crippen LogP contribution is -2.31. The molecule has 0 amide bonds. The van der Waals surface area contributed by atoms with E-state index >= 15 is 0 Å². The Bertz CT molecular complexity index is 689. The molecule has 2 aliphatic heterocycles. The van der Waals surface area contributed by atoms with E-state index in [2.05, 4.69) is 4.90 Å². The molecule has 0 saturated heterocycles. The summed E-state index contributed by atoms with van der Waals surface area (Å²) in [5, 5.41) is 0.786. The molecule has 4 nitrogen and oxygen atoms in total. The van der Waals surface area contributed by atoms with Gasteiger partial charge in [-0.15, -0.1) is 0 Å². The summed E-state index contributed by atoms with van der Waals surface area (Å²) in [5.74, 6) is 2.42. The highest BCUT2D eigenvalue weighted by Gasteiger charge is 2.23. The van der Waals surface area contributed by atoms with Crippen LogP contribution >= 0.6 is 11.6 Å². The van der Waals surface area contributed by atoms with E-state index in [4.69, 9.17) is 25.8 Å². The lowest BCUT2D eigenvalue weighted by Gasteiger charge is -2.29. The second-order valence-electron chi connectivity index (χ2n) is 5.17. The van der Waals surface area contributed by atoms with Crippen molar-refractivity contribution in [3.05, 3.63) is 52.5 Å². The number of fused-ring (bicyclic) bond motifs is 2. The summed E-state index contributed by atoms with van der Waals surface area (Å²) in [6, 6.07) is 11.8. The predicted molar refractivity (Wildman–Crippen MR) is 78.8 cm³/mol. The molecule has 5 heteroatoms. The average Bonchev–Trinajstić information content (AvgIpc) is 2.94. The standard InChI is InChI=1S/C16H14ClNO3/c17-13-4-2-1-3-11(13)7-18-8-12-5-15-16(21-10-20-15)6-14(12)19-9-18/h1-6H,7-10H2. The highest BCUT2D eigenvalue weighted by Crippen LogP contribution is 2.40. The van der Waals surface area contributed by atoms with Gasteiger partial charge in [0.2, 0.25) is 6.79 Å². The average molecular weight is 304 g/mol. The van der Waals surface area contributed by atoms with Crippen molar-refractivity contribution in [1.29, 1.82) is 0 Å². The van der Waals surface area contributed by atoms with Crippen molar-refractivity contribution < 1.29 is 14.2 Å². The molecule has 2 aliphatic rings. The molecule has 0 fully saturated rings. The first-order valence-corrected chi connectivity index (χ1v) is 7.18. The zero-order valence-electron chi connectivity index (χ0n) is 11.3. The lowest BCUT2D eigenvalue weighted by atomic mass is 10.1. The maximum atomic E-state index is 6.22. The van der Waals surface area contributed by atoms with Gasteiger partial charge in [0.25, 0.3) is 0 Å². The number of rotatable bonds is 2. The van der Waals surface area contributed by atoms with Crippen molar-refractivity contribution in [1.82, 2.24) is 4.90 Å². The van der Waals surface area contributed by atoms with Crippen LogP contribution in [0.3, 0.4) is 0 Å². The van der Waals surface area contributed by atoms with Crippen LogP contribution in [0.25, 0.3) is 0 Å². The third-order valence-corrected chi connectivity index (χ3v) is 4.07. The Labute approximate surface area is 127 Å². The van der Waals surface area contributed by atoms with Gasteiger partial charge in [0.15, 0.2) is 11.5 Å². The molecule has 2 heterocycles. The third-order valence-electron chi connectivity index (χ3n) is 3.70. The Kier molecular flexibility index (Phi) is 3.13. The minimum Gasteiger partial charge on any atom is -0.478 e. The van der Waals surface area contributed by atoms with Crippen molar-refractivity contribution in [2.24, 2.45) is 0 Å². The van der Waals surface area contributed by atoms with Crippen molar-refractivity contribution in [3.8, 4) is 17.2 Å². The van der Waals surface area contributed by atoms with Crippen molar-refractivity contribution >= 4 is 11.6 Å². The van der Waals surface area contributed by atoms with Crippen LogP contribution in [0.1, 0.15) is 11.1 Å². The fourth-order valence-electron chi connectivity index (χ4n) is 2.64. The number of hydrogen-bond acceptors (Lipinski definition) is 4. The van der Waals surface area contributed by atoms with Gasteiger partial charge in [0, 0.05) is 29.7 Å². The van der Waals surface area contributed by atoms with Gasteiger partial charge < -0.3 is 14.2 Å². The Morgan fingerprint density at radius 2 is 1.81 bits per heavy atom. The first-order valence-electron chi connectivity index (χ1n) is 6.81. The van der Waals surface area contributed by atoms with Crippen LogP contribution in [0, 0.1) is 0 Å². The van der Waals surface area contributed by atoms with Crippen LogP contribution < -0.4 is 14.2 Å². The molecular formula is C16H14ClNO3. The maximum Gasteiger partial charge on any atom is 0.231 e. The second-order valence-corrected chi connectivity index (χ2v) is 5.57. The number of benzene rings is 2. The maximum absolute atomic E-state index is 6.22. The van der Waals surface area contributed by atoms with Gasteiger partial charge in [-0.05, 0) is 17.7 Å². The quantitative estimate of drug-likeness (QED) is 0.850. The molecule has 0 spiro atoms. The first kappa shape index (κ1) is 12.8. The van der Waals surface area contributed by atoms with Gasteiger partial charge >= 0.3 is 0 Å². The van der Waals surface area contributed by atoms with E-state index in [9.17, 15) is 0 Å². The molecule has 4 rings (SSSR count). The lowest BCUT2D eigenvalue weighted by molar-refractivity contribution is 0.0885. The Hall–Kier alpha value is -1.91. The number of halogens is 1. The fraction of sp³-hybridized carbons (Fsp3) is 0.250. The molecule has 0 unspecified atom stereocenters. The van der Waals surface area contributed by atoms with Gasteiger partial charge in [0.05, 0.1) is 0 Å². The molecule has 0 atom stereocenters. The van der Waals surface area contributed by atoms with Crippen LogP contribution in [0.2, 0.25) is 5.02 Å². The van der Waals surface area contributed by atoms with E-state index in [-0.39, 0.29) is 6.79 Å². The fourth-order valence-corrected chi connectivity index (χ4v) is 2.84. The van der Waals surface area contributed by atoms with Gasteiger partial charge in [-0.1, -0.05) is 29.8 Å². The predicted octanol–water partition coefficient (Wildman–Crippen LogP) is 3.42. The summed E-state index contributed by atoms with van der Waals surface area (Å²) in [5.41, 5.74) is 2.21. The molecular weight excluding hydrogens is 290 g/mol. The summed E-state index contributed by atoms with van der Waals surface area (Å²) >= 11 is 6.22. The molecule has 0 radical (unpaired) electrons. The second kappa shape index (κ2) is 5.13. The summed E-state index contributed by atoms with van der Waals surface area (Å²) in [6.07, 6.45) is 0. The molecule has 21 heavy (non-hydrogen) atoms. The zero-order chi connectivity index (χ0) is 14.2. The summed E-state index contributed by atoms with van der Waals surface area (Å²) < 4.78 is 16.6. The van der Waals surface area contributed by atoms with E-state index in [0.29, 0.717) is 6.73 Å². The van der Waals surface area contributed by atoms with E-state index in [0.717, 1.165) is 46.5 Å². The Morgan fingerprint density at radius 3 is 2.67 bits per heavy atom. The molecule has 2 aromatic rings. The molecule has 0 aliphatic carbocycles. The smallest absolute Gasteiger partial charge is 0.231 e. The molecule has 0 N–H and O–H groups in total. The van der Waals surface area contributed by atoms with Gasteiger partial charge in [-0.25, -0.2) is 0 Å². The van der Waals surface area contributed by atoms with Gasteiger partial charge in [0.1, 0.15) is 12.5 Å². The normalized spacial score (nSPS) is 16.4. The van der Waals surface area contributed by atoms with Crippen LogP contribution in [-0.4, -0.2) is 18.4 Å². The van der Waals surface area contributed by atoms with E-state index in [1.54, 1.807) is 0 Å². The topological polar surface area (TPSA) is 30.9 Å². The third kappa shape index (κ3) is 2.41. The van der Waals surface area contributed by atoms with Crippen LogP contribution in [-0.2, 0) is 13.1 Å². The number of ether oxygens (including phenoxy) is 3. The zero-order valence-corrected chi connectivity index (χ0v) is 12.1. The van der Waals surface area contributed by atoms with Crippen LogP contribution in [0.4, 0.5) is 0 Å². The first-order chi connectivity index (χ1) is 10.3. The monoisotopic (exact) mass is 303 g/mol. The number of hydrogen-bond donors (Lipinski definition) is 0. The van der Waals surface area contributed by atoms with E-state index < -0.39 is 0 Å². The largest absolute Gasteiger partial charge is 0.478 e. The van der Waals surface area contributed by atoms with E-state index in [1.807, 2.05) is 36.4 Å². The van der Waals surface area contributed by atoms with Crippen molar-refractivity contribution in [2.75, 3.05) is 13.5 Å². The number of nitrogens with zero attached hydrogens (tertiary/aromatic N) is 1. The molecule has 0 aromatic heterocycles. The van der Waals surface area contributed by atoms with Crippen molar-refractivity contribution in [3.63, 3.8) is 0 Å². The molecule has 108 valence electrons. The molecule has 2 aromatic carbocycles. The Morgan fingerprint density at radius 1 is 1.00 bits per heavy atom. The minimum atomic E-state index is 0.279. The summed E-state index contributed by atoms with van der Waals surface area (Å²) in [4.78, 5) is 2.20. The molecule has 0 saturated carbocycles. The van der Waals surface area contributed by atoms with Crippen LogP contribution in [0.5, 0.6) is 17.2 Å². The summed E-state index contributed by atoms with van der Waals surface area (Å²) in [6.45, 7) is 2.38. The SMILES string of the molecule is Clc1ccccc1CN1COc2cc3c(cc2C1)OCO3. The minimum absolute atomic E-state index is 0.279.